The molecule has 0 aromatic carbocycles. The van der Waals surface area contributed by atoms with E-state index in [1.165, 1.54) is 0 Å². The normalized spacial score (nSPS) is 22.4. The van der Waals surface area contributed by atoms with Crippen molar-refractivity contribution in [3.05, 3.63) is 24.3 Å². The first-order valence-electron chi connectivity index (χ1n) is 10.3. The van der Waals surface area contributed by atoms with Crippen molar-refractivity contribution >= 4 is 29.3 Å². The number of aromatic nitrogens is 4. The molecule has 2 aromatic rings. The van der Waals surface area contributed by atoms with Gasteiger partial charge in [0, 0.05) is 39.4 Å². The first kappa shape index (κ1) is 19.5. The predicted octanol–water partition coefficient (Wildman–Crippen LogP) is -0.184. The number of carbonyl (C=O) groups excluding carboxylic acids is 2. The molecule has 2 amide bonds. The highest BCUT2D eigenvalue weighted by Gasteiger charge is 2.51. The lowest BCUT2D eigenvalue weighted by Gasteiger charge is -2.39. The number of hydrogen-bond donors (Lipinski definition) is 3. The average Bonchev–Trinajstić information content (AvgIpc) is 3.30. The third-order valence-corrected chi connectivity index (χ3v) is 6.01. The summed E-state index contributed by atoms with van der Waals surface area (Å²) in [6, 6.07) is 0.0357. The van der Waals surface area contributed by atoms with Gasteiger partial charge in [0.15, 0.2) is 17.1 Å². The van der Waals surface area contributed by atoms with E-state index < -0.39 is 5.91 Å². The summed E-state index contributed by atoms with van der Waals surface area (Å²) in [6.07, 6.45) is 6.51. The highest BCUT2D eigenvalue weighted by atomic mass is 16.6. The molecule has 1 unspecified atom stereocenters. The lowest BCUT2D eigenvalue weighted by atomic mass is 9.96. The Morgan fingerprint density at radius 1 is 1.39 bits per heavy atom. The Labute approximate surface area is 178 Å². The van der Waals surface area contributed by atoms with Crippen LogP contribution in [0.3, 0.4) is 0 Å². The van der Waals surface area contributed by atoms with Crippen molar-refractivity contribution in [1.29, 1.82) is 0 Å². The van der Waals surface area contributed by atoms with E-state index in [2.05, 4.69) is 30.6 Å². The van der Waals surface area contributed by atoms with Crippen molar-refractivity contribution in [1.82, 2.24) is 30.0 Å². The second kappa shape index (κ2) is 7.38. The minimum absolute atomic E-state index is 0.0357. The third kappa shape index (κ3) is 3.63. The molecule has 3 aliphatic rings. The van der Waals surface area contributed by atoms with Gasteiger partial charge in [-0.25, -0.2) is 14.8 Å². The summed E-state index contributed by atoms with van der Waals surface area (Å²) < 4.78 is 7.27. The molecule has 3 aliphatic heterocycles. The Morgan fingerprint density at radius 2 is 2.23 bits per heavy atom. The molecular weight excluding hydrogens is 402 g/mol. The maximum atomic E-state index is 12.5. The first-order valence-corrected chi connectivity index (χ1v) is 10.3. The number of aryl methyl sites for hydroxylation is 1. The van der Waals surface area contributed by atoms with E-state index in [9.17, 15) is 9.59 Å². The molecule has 1 atom stereocenters. The van der Waals surface area contributed by atoms with Gasteiger partial charge >= 0.3 is 6.09 Å². The van der Waals surface area contributed by atoms with Crippen LogP contribution in [0.1, 0.15) is 23.3 Å². The molecule has 4 N–H and O–H groups in total. The van der Waals surface area contributed by atoms with Crippen molar-refractivity contribution in [3.8, 4) is 0 Å². The molecule has 1 spiro atoms. The molecule has 3 saturated heterocycles. The molecule has 164 valence electrons. The number of hydrogen-bond acceptors (Lipinski definition) is 9. The van der Waals surface area contributed by atoms with Crippen molar-refractivity contribution in [3.63, 3.8) is 0 Å². The van der Waals surface area contributed by atoms with E-state index in [4.69, 9.17) is 10.5 Å². The Bertz CT molecular complexity index is 1020. The number of nitrogens with zero attached hydrogens (tertiary/aromatic N) is 6. The van der Waals surface area contributed by atoms with Gasteiger partial charge in [-0.2, -0.15) is 5.10 Å². The van der Waals surface area contributed by atoms with Gasteiger partial charge in [-0.05, 0) is 12.8 Å². The van der Waals surface area contributed by atoms with E-state index in [1.54, 1.807) is 30.3 Å². The number of rotatable bonds is 5. The molecule has 5 heterocycles. The van der Waals surface area contributed by atoms with Crippen molar-refractivity contribution < 1.29 is 14.3 Å². The maximum Gasteiger partial charge on any atom is 0.410 e. The van der Waals surface area contributed by atoms with Crippen molar-refractivity contribution in [2.45, 2.75) is 24.5 Å². The average molecular weight is 427 g/mol. The van der Waals surface area contributed by atoms with Gasteiger partial charge in [0.05, 0.1) is 30.7 Å². The maximum absolute atomic E-state index is 12.5. The molecule has 2 aromatic heterocycles. The zero-order valence-corrected chi connectivity index (χ0v) is 17.2. The number of nitrogens with two attached hydrogens (primary N) is 1. The topological polar surface area (TPSA) is 144 Å². The number of carbonyl (C=O) groups is 2. The van der Waals surface area contributed by atoms with Gasteiger partial charge in [-0.1, -0.05) is 0 Å². The number of nitrogens with one attached hydrogen (secondary N) is 2. The molecule has 0 saturated carbocycles. The summed E-state index contributed by atoms with van der Waals surface area (Å²) in [7, 11) is 1.79. The van der Waals surface area contributed by atoms with Crippen LogP contribution in [0, 0.1) is 0 Å². The van der Waals surface area contributed by atoms with Crippen LogP contribution in [-0.4, -0.2) is 81.0 Å². The smallest absolute Gasteiger partial charge is 0.410 e. The van der Waals surface area contributed by atoms with Gasteiger partial charge in [-0.3, -0.25) is 14.4 Å². The van der Waals surface area contributed by atoms with Crippen LogP contribution in [-0.2, 0) is 11.8 Å². The summed E-state index contributed by atoms with van der Waals surface area (Å²) in [5, 5.41) is 10.4. The van der Waals surface area contributed by atoms with Gasteiger partial charge in [0.2, 0.25) is 0 Å². The fourth-order valence-corrected chi connectivity index (χ4v) is 4.36. The zero-order chi connectivity index (χ0) is 21.6. The summed E-state index contributed by atoms with van der Waals surface area (Å²) in [5.74, 6) is 0.232. The van der Waals surface area contributed by atoms with Crippen LogP contribution in [0.15, 0.2) is 18.6 Å². The number of piperidine rings is 1. The summed E-state index contributed by atoms with van der Waals surface area (Å²) in [6.45, 7) is 3.42. The second-order valence-electron chi connectivity index (χ2n) is 8.34. The molecule has 31 heavy (non-hydrogen) atoms. The zero-order valence-electron chi connectivity index (χ0n) is 17.2. The number of anilines is 3. The van der Waals surface area contributed by atoms with Crippen molar-refractivity contribution in [2.75, 3.05) is 42.9 Å². The Hall–Kier alpha value is -3.41. The van der Waals surface area contributed by atoms with Crippen LogP contribution < -0.4 is 21.3 Å². The fraction of sp³-hybridized carbons (Fsp3) is 0.526. The minimum atomic E-state index is -0.666. The summed E-state index contributed by atoms with van der Waals surface area (Å²) >= 11 is 0. The quantitative estimate of drug-likeness (QED) is 0.592. The molecule has 12 nitrogen and oxygen atoms in total. The highest BCUT2D eigenvalue weighted by molar-refractivity contribution is 5.96. The summed E-state index contributed by atoms with van der Waals surface area (Å²) in [5.41, 5.74) is 5.85. The van der Waals surface area contributed by atoms with Gasteiger partial charge < -0.3 is 26.0 Å². The molecular formula is C19H25N9O3. The van der Waals surface area contributed by atoms with E-state index >= 15 is 0 Å². The van der Waals surface area contributed by atoms with Gasteiger partial charge in [0.25, 0.3) is 5.91 Å². The molecule has 12 heteroatoms. The Balaban J connectivity index is 1.36. The third-order valence-electron chi connectivity index (χ3n) is 6.01. The van der Waals surface area contributed by atoms with Gasteiger partial charge in [0.1, 0.15) is 5.82 Å². The van der Waals surface area contributed by atoms with E-state index in [1.807, 2.05) is 4.90 Å². The number of amides is 2. The van der Waals surface area contributed by atoms with Gasteiger partial charge in [-0.15, -0.1) is 0 Å². The lowest BCUT2D eigenvalue weighted by molar-refractivity contribution is 0.0140. The molecule has 0 bridgehead atoms. The monoisotopic (exact) mass is 427 g/mol. The standard InChI is InChI=1S/C19H25N9O3/c1-26-7-12(5-23-26)24-17-15(16(20)29)22-6-14(25-17)27-4-2-3-13(8-27)28-11-19(9-21-10-19)31-18(28)30/h5-7,13,21H,2-4,8-11H2,1H3,(H2,20,29)(H,24,25). The van der Waals surface area contributed by atoms with Crippen LogP contribution in [0.4, 0.5) is 22.1 Å². The Kier molecular flexibility index (Phi) is 4.65. The molecule has 3 fully saturated rings. The lowest BCUT2D eigenvalue weighted by Crippen LogP contribution is -2.62. The summed E-state index contributed by atoms with van der Waals surface area (Å²) in [4.78, 5) is 37.1. The second-order valence-corrected chi connectivity index (χ2v) is 8.34. The SMILES string of the molecule is Cn1cc(Nc2nc(N3CCCC(N4CC5(CNC5)OC4=O)C3)cnc2C(N)=O)cn1. The molecule has 0 aliphatic carbocycles. The number of ether oxygens (including phenoxy) is 1. The molecule has 0 radical (unpaired) electrons. The highest BCUT2D eigenvalue weighted by Crippen LogP contribution is 2.31. The van der Waals surface area contributed by atoms with Crippen LogP contribution in [0.2, 0.25) is 0 Å². The van der Waals surface area contributed by atoms with Crippen LogP contribution in [0.5, 0.6) is 0 Å². The van der Waals surface area contributed by atoms with E-state index in [-0.39, 0.29) is 29.2 Å². The van der Waals surface area contributed by atoms with Crippen LogP contribution >= 0.6 is 0 Å². The van der Waals surface area contributed by atoms with E-state index in [0.717, 1.165) is 19.4 Å². The number of primary amides is 1. The molecule has 5 rings (SSSR count). The Morgan fingerprint density at radius 3 is 2.87 bits per heavy atom. The van der Waals surface area contributed by atoms with E-state index in [0.29, 0.717) is 37.7 Å². The predicted molar refractivity (Wildman–Crippen MR) is 111 cm³/mol. The largest absolute Gasteiger partial charge is 0.438 e. The minimum Gasteiger partial charge on any atom is -0.438 e. The fourth-order valence-electron chi connectivity index (χ4n) is 4.36. The first-order chi connectivity index (χ1) is 14.9. The van der Waals surface area contributed by atoms with Crippen molar-refractivity contribution in [2.24, 2.45) is 12.8 Å². The van der Waals surface area contributed by atoms with Crippen LogP contribution in [0.25, 0.3) is 0 Å².